The first kappa shape index (κ1) is 17.0. The minimum atomic E-state index is -1.14. The maximum absolute atomic E-state index is 11.7. The van der Waals surface area contributed by atoms with Gasteiger partial charge >= 0.3 is 11.9 Å². The smallest absolute Gasteiger partial charge is 0.337 e. The molecule has 0 atom stereocenters. The second kappa shape index (κ2) is 6.38. The van der Waals surface area contributed by atoms with Crippen molar-refractivity contribution < 1.29 is 19.4 Å². The van der Waals surface area contributed by atoms with E-state index in [4.69, 9.17) is 16.3 Å². The second-order valence-electron chi connectivity index (χ2n) is 5.93. The molecule has 2 rings (SSSR count). The van der Waals surface area contributed by atoms with Gasteiger partial charge in [0.05, 0.1) is 16.8 Å². The first-order valence-electron chi connectivity index (χ1n) is 6.90. The van der Waals surface area contributed by atoms with Crippen molar-refractivity contribution in [2.24, 2.45) is 0 Å². The summed E-state index contributed by atoms with van der Waals surface area (Å²) in [5, 5.41) is 10.4. The fourth-order valence-electron chi connectivity index (χ4n) is 1.94. The van der Waals surface area contributed by atoms with E-state index < -0.39 is 17.5 Å². The number of halogens is 1. The molecule has 23 heavy (non-hydrogen) atoms. The van der Waals surface area contributed by atoms with Crippen molar-refractivity contribution in [1.29, 1.82) is 0 Å². The second-order valence-corrected chi connectivity index (χ2v) is 6.37. The minimum Gasteiger partial charge on any atom is -0.478 e. The molecule has 0 aliphatic rings. The van der Waals surface area contributed by atoms with Gasteiger partial charge in [0, 0.05) is 16.5 Å². The van der Waals surface area contributed by atoms with Crippen molar-refractivity contribution in [3.63, 3.8) is 0 Å². The summed E-state index contributed by atoms with van der Waals surface area (Å²) >= 11 is 5.90. The zero-order valence-electron chi connectivity index (χ0n) is 13.0. The predicted molar refractivity (Wildman–Crippen MR) is 88.6 cm³/mol. The van der Waals surface area contributed by atoms with Crippen LogP contribution in [0, 0.1) is 0 Å². The SMILES string of the molecule is CC(C)(C)OC(=O)C=Cc1nc2ccc(Cl)cc2cc1C(=O)O. The molecule has 0 saturated carbocycles. The lowest BCUT2D eigenvalue weighted by Crippen LogP contribution is -2.22. The lowest BCUT2D eigenvalue weighted by Gasteiger charge is -2.17. The minimum absolute atomic E-state index is 0.0143. The van der Waals surface area contributed by atoms with Gasteiger partial charge < -0.3 is 9.84 Å². The fourth-order valence-corrected chi connectivity index (χ4v) is 2.12. The number of benzene rings is 1. The molecule has 0 amide bonds. The predicted octanol–water partition coefficient (Wildman–Crippen LogP) is 3.94. The molecule has 5 nitrogen and oxygen atoms in total. The number of hydrogen-bond donors (Lipinski definition) is 1. The normalized spacial score (nSPS) is 11.8. The molecular formula is C17H16ClNO4. The molecule has 0 aliphatic heterocycles. The van der Waals surface area contributed by atoms with Gasteiger partial charge in [-0.1, -0.05) is 11.6 Å². The van der Waals surface area contributed by atoms with Crippen LogP contribution in [-0.2, 0) is 9.53 Å². The number of carbonyl (C=O) groups is 2. The van der Waals surface area contributed by atoms with E-state index in [1.165, 1.54) is 18.2 Å². The Morgan fingerprint density at radius 2 is 1.96 bits per heavy atom. The largest absolute Gasteiger partial charge is 0.478 e. The number of ether oxygens (including phenoxy) is 1. The van der Waals surface area contributed by atoms with Gasteiger partial charge in [-0.25, -0.2) is 14.6 Å². The summed E-state index contributed by atoms with van der Waals surface area (Å²) in [6, 6.07) is 6.47. The van der Waals surface area contributed by atoms with E-state index >= 15 is 0 Å². The Balaban J connectivity index is 2.42. The number of carboxylic acid groups (broad SMARTS) is 1. The Hall–Kier alpha value is -2.40. The summed E-state index contributed by atoms with van der Waals surface area (Å²) in [7, 11) is 0. The third-order valence-electron chi connectivity index (χ3n) is 2.82. The Kier molecular flexibility index (Phi) is 4.71. The van der Waals surface area contributed by atoms with Crippen LogP contribution in [0.5, 0.6) is 0 Å². The number of aromatic nitrogens is 1. The standard InChI is InChI=1S/C17H16ClNO4/c1-17(2,3)23-15(20)7-6-14-12(16(21)22)9-10-8-11(18)4-5-13(10)19-14/h4-9H,1-3H3,(H,21,22). The number of hydrogen-bond acceptors (Lipinski definition) is 4. The van der Waals surface area contributed by atoms with Crippen LogP contribution >= 0.6 is 11.6 Å². The van der Waals surface area contributed by atoms with Crippen LogP contribution in [0.1, 0.15) is 36.8 Å². The molecule has 120 valence electrons. The van der Waals surface area contributed by atoms with E-state index in [1.807, 2.05) is 0 Å². The van der Waals surface area contributed by atoms with Gasteiger partial charge in [-0.3, -0.25) is 0 Å². The number of esters is 1. The van der Waals surface area contributed by atoms with E-state index in [1.54, 1.807) is 39.0 Å². The number of fused-ring (bicyclic) bond motifs is 1. The van der Waals surface area contributed by atoms with Crippen molar-refractivity contribution in [2.75, 3.05) is 0 Å². The highest BCUT2D eigenvalue weighted by Gasteiger charge is 2.15. The summed E-state index contributed by atoms with van der Waals surface area (Å²) in [6.45, 7) is 5.25. The molecule has 0 fully saturated rings. The Morgan fingerprint density at radius 1 is 1.26 bits per heavy atom. The molecule has 1 aromatic heterocycles. The molecule has 1 N–H and O–H groups in total. The topological polar surface area (TPSA) is 76.5 Å². The highest BCUT2D eigenvalue weighted by atomic mass is 35.5. The van der Waals surface area contributed by atoms with E-state index in [0.29, 0.717) is 15.9 Å². The number of carbonyl (C=O) groups excluding carboxylic acids is 1. The molecule has 0 aliphatic carbocycles. The summed E-state index contributed by atoms with van der Waals surface area (Å²) in [4.78, 5) is 27.4. The van der Waals surface area contributed by atoms with E-state index in [9.17, 15) is 14.7 Å². The maximum Gasteiger partial charge on any atom is 0.337 e. The average Bonchev–Trinajstić information content (AvgIpc) is 2.42. The van der Waals surface area contributed by atoms with Gasteiger partial charge in [-0.05, 0) is 51.1 Å². The van der Waals surface area contributed by atoms with E-state index in [2.05, 4.69) is 4.98 Å². The van der Waals surface area contributed by atoms with Crippen molar-refractivity contribution in [1.82, 2.24) is 4.98 Å². The average molecular weight is 334 g/mol. The van der Waals surface area contributed by atoms with Crippen LogP contribution in [0.25, 0.3) is 17.0 Å². The zero-order chi connectivity index (χ0) is 17.2. The van der Waals surface area contributed by atoms with Crippen molar-refractivity contribution in [2.45, 2.75) is 26.4 Å². The Morgan fingerprint density at radius 3 is 2.57 bits per heavy atom. The zero-order valence-corrected chi connectivity index (χ0v) is 13.7. The quantitative estimate of drug-likeness (QED) is 0.680. The summed E-state index contributed by atoms with van der Waals surface area (Å²) < 4.78 is 5.14. The fraction of sp³-hybridized carbons (Fsp3) is 0.235. The van der Waals surface area contributed by atoms with Crippen molar-refractivity contribution in [3.05, 3.63) is 46.6 Å². The Bertz CT molecular complexity index is 806. The molecular weight excluding hydrogens is 318 g/mol. The highest BCUT2D eigenvalue weighted by molar-refractivity contribution is 6.31. The van der Waals surface area contributed by atoms with Crippen LogP contribution in [0.15, 0.2) is 30.3 Å². The van der Waals surface area contributed by atoms with Gasteiger partial charge in [0.15, 0.2) is 0 Å². The van der Waals surface area contributed by atoms with Gasteiger partial charge in [-0.2, -0.15) is 0 Å². The molecule has 6 heteroatoms. The number of pyridine rings is 1. The molecule has 1 heterocycles. The lowest BCUT2D eigenvalue weighted by atomic mass is 10.1. The lowest BCUT2D eigenvalue weighted by molar-refractivity contribution is -0.148. The number of carboxylic acids is 1. The number of nitrogens with zero attached hydrogens (tertiary/aromatic N) is 1. The van der Waals surface area contributed by atoms with Crippen LogP contribution in [-0.4, -0.2) is 27.6 Å². The van der Waals surface area contributed by atoms with Gasteiger partial charge in [0.25, 0.3) is 0 Å². The highest BCUT2D eigenvalue weighted by Crippen LogP contribution is 2.22. The number of aromatic carboxylic acids is 1. The van der Waals surface area contributed by atoms with Gasteiger partial charge in [0.1, 0.15) is 5.60 Å². The van der Waals surface area contributed by atoms with E-state index in [0.717, 1.165) is 0 Å². The third kappa shape index (κ3) is 4.53. The summed E-state index contributed by atoms with van der Waals surface area (Å²) in [6.07, 6.45) is 2.51. The maximum atomic E-state index is 11.7. The third-order valence-corrected chi connectivity index (χ3v) is 3.06. The van der Waals surface area contributed by atoms with E-state index in [-0.39, 0.29) is 11.3 Å². The molecule has 2 aromatic rings. The van der Waals surface area contributed by atoms with Crippen molar-refractivity contribution >= 4 is 40.5 Å². The first-order chi connectivity index (χ1) is 10.7. The van der Waals surface area contributed by atoms with Gasteiger partial charge in [-0.15, -0.1) is 0 Å². The summed E-state index contributed by atoms with van der Waals surface area (Å²) in [5.41, 5.74) is 0.130. The van der Waals surface area contributed by atoms with Crippen LogP contribution in [0.4, 0.5) is 0 Å². The van der Waals surface area contributed by atoms with Crippen LogP contribution in [0.3, 0.4) is 0 Å². The monoisotopic (exact) mass is 333 g/mol. The first-order valence-corrected chi connectivity index (χ1v) is 7.28. The number of rotatable bonds is 3. The molecule has 0 bridgehead atoms. The molecule has 0 radical (unpaired) electrons. The molecule has 0 spiro atoms. The molecule has 1 aromatic carbocycles. The molecule has 0 saturated heterocycles. The van der Waals surface area contributed by atoms with Crippen LogP contribution < -0.4 is 0 Å². The van der Waals surface area contributed by atoms with Crippen LogP contribution in [0.2, 0.25) is 5.02 Å². The van der Waals surface area contributed by atoms with Gasteiger partial charge in [0.2, 0.25) is 0 Å². The van der Waals surface area contributed by atoms with Crippen molar-refractivity contribution in [3.8, 4) is 0 Å². The summed E-state index contributed by atoms with van der Waals surface area (Å²) in [5.74, 6) is -1.70. The molecule has 0 unspecified atom stereocenters. The Labute approximate surface area is 138 Å².